The Labute approximate surface area is 118 Å². The van der Waals surface area contributed by atoms with Crippen LogP contribution in [0.3, 0.4) is 0 Å². The van der Waals surface area contributed by atoms with Gasteiger partial charge in [0.25, 0.3) is 0 Å². The molecule has 0 fully saturated rings. The van der Waals surface area contributed by atoms with E-state index in [9.17, 15) is 10.0 Å². The number of amides is 2. The lowest BCUT2D eigenvalue weighted by molar-refractivity contribution is -0.0568. The molecule has 0 aromatic rings. The van der Waals surface area contributed by atoms with Gasteiger partial charge in [0.05, 0.1) is 6.54 Å². The van der Waals surface area contributed by atoms with Crippen LogP contribution in [-0.4, -0.2) is 40.8 Å². The van der Waals surface area contributed by atoms with Gasteiger partial charge in [0.1, 0.15) is 0 Å². The van der Waals surface area contributed by atoms with E-state index < -0.39 is 0 Å². The number of nitrogens with zero attached hydrogens (tertiary/aromatic N) is 2. The number of hydroxylamine groups is 2. The lowest BCUT2D eigenvalue weighted by Gasteiger charge is -2.24. The Morgan fingerprint density at radius 2 is 1.32 bits per heavy atom. The first-order valence-corrected chi connectivity index (χ1v) is 7.92. The molecular formula is C15H32N2O2. The number of carbonyl (C=O) groups excluding carboxylic acids is 1. The molecule has 0 saturated carbocycles. The Morgan fingerprint density at radius 1 is 0.842 bits per heavy atom. The van der Waals surface area contributed by atoms with Crippen molar-refractivity contribution in [2.45, 2.75) is 72.1 Å². The molecule has 0 aromatic carbocycles. The second-order valence-corrected chi connectivity index (χ2v) is 5.05. The molecule has 114 valence electrons. The smallest absolute Gasteiger partial charge is 0.323 e. The van der Waals surface area contributed by atoms with E-state index in [1.807, 2.05) is 13.8 Å². The van der Waals surface area contributed by atoms with Crippen LogP contribution in [0.4, 0.5) is 4.79 Å². The van der Waals surface area contributed by atoms with E-state index in [4.69, 9.17) is 0 Å². The molecule has 0 atom stereocenters. The summed E-state index contributed by atoms with van der Waals surface area (Å²) in [6.45, 7) is 7.80. The summed E-state index contributed by atoms with van der Waals surface area (Å²) in [6, 6.07) is -0.270. The summed E-state index contributed by atoms with van der Waals surface area (Å²) < 4.78 is 0. The normalized spacial score (nSPS) is 10.5. The molecule has 0 aliphatic heterocycles. The van der Waals surface area contributed by atoms with Crippen LogP contribution in [0.25, 0.3) is 0 Å². The number of carbonyl (C=O) groups is 1. The maximum atomic E-state index is 11.7. The van der Waals surface area contributed by atoms with E-state index in [2.05, 4.69) is 6.92 Å². The highest BCUT2D eigenvalue weighted by atomic mass is 16.5. The van der Waals surface area contributed by atoms with Gasteiger partial charge in [-0.05, 0) is 20.3 Å². The number of rotatable bonds is 11. The molecule has 19 heavy (non-hydrogen) atoms. The van der Waals surface area contributed by atoms with Gasteiger partial charge in [-0.1, -0.05) is 51.9 Å². The average Bonchev–Trinajstić information content (AvgIpc) is 2.42. The number of unbranched alkanes of at least 4 members (excludes halogenated alkanes) is 7. The van der Waals surface area contributed by atoms with Crippen molar-refractivity contribution in [1.29, 1.82) is 0 Å². The minimum Gasteiger partial charge on any atom is -0.323 e. The van der Waals surface area contributed by atoms with Gasteiger partial charge in [-0.25, -0.2) is 9.86 Å². The van der Waals surface area contributed by atoms with Gasteiger partial charge in [0.15, 0.2) is 0 Å². The molecule has 4 nitrogen and oxygen atoms in total. The summed E-state index contributed by atoms with van der Waals surface area (Å²) in [5.74, 6) is 0. The second-order valence-electron chi connectivity index (χ2n) is 5.05. The third-order valence-corrected chi connectivity index (χ3v) is 3.48. The Kier molecular flexibility index (Phi) is 11.8. The van der Waals surface area contributed by atoms with Crippen molar-refractivity contribution in [3.63, 3.8) is 0 Å². The molecule has 0 heterocycles. The van der Waals surface area contributed by atoms with E-state index in [-0.39, 0.29) is 6.03 Å². The highest BCUT2D eigenvalue weighted by molar-refractivity contribution is 5.72. The molecule has 0 aliphatic carbocycles. The maximum absolute atomic E-state index is 11.7. The predicted molar refractivity (Wildman–Crippen MR) is 79.4 cm³/mol. The van der Waals surface area contributed by atoms with Crippen LogP contribution in [0.1, 0.15) is 72.1 Å². The zero-order valence-corrected chi connectivity index (χ0v) is 13.0. The molecular weight excluding hydrogens is 240 g/mol. The fourth-order valence-corrected chi connectivity index (χ4v) is 2.15. The number of urea groups is 1. The summed E-state index contributed by atoms with van der Waals surface area (Å²) in [5.41, 5.74) is 0. The highest BCUT2D eigenvalue weighted by Crippen LogP contribution is 2.09. The van der Waals surface area contributed by atoms with Crippen molar-refractivity contribution in [2.75, 3.05) is 19.6 Å². The molecule has 0 saturated heterocycles. The fraction of sp³-hybridized carbons (Fsp3) is 0.933. The summed E-state index contributed by atoms with van der Waals surface area (Å²) in [6.07, 6.45) is 9.73. The largest absolute Gasteiger partial charge is 0.343 e. The lowest BCUT2D eigenvalue weighted by Crippen LogP contribution is -2.41. The molecule has 2 amide bonds. The van der Waals surface area contributed by atoms with Gasteiger partial charge in [-0.3, -0.25) is 5.21 Å². The molecule has 0 aromatic heterocycles. The Morgan fingerprint density at radius 3 is 1.79 bits per heavy atom. The van der Waals surface area contributed by atoms with Crippen LogP contribution in [0.5, 0.6) is 0 Å². The number of hydrogen-bond acceptors (Lipinski definition) is 2. The fourth-order valence-electron chi connectivity index (χ4n) is 2.15. The molecule has 0 bridgehead atoms. The van der Waals surface area contributed by atoms with Gasteiger partial charge in [0, 0.05) is 13.1 Å². The summed E-state index contributed by atoms with van der Waals surface area (Å²) >= 11 is 0. The van der Waals surface area contributed by atoms with Crippen molar-refractivity contribution >= 4 is 6.03 Å². The molecule has 0 spiro atoms. The number of hydrogen-bond donors (Lipinski definition) is 1. The van der Waals surface area contributed by atoms with E-state index in [0.717, 1.165) is 17.9 Å². The Balaban J connectivity index is 3.52. The van der Waals surface area contributed by atoms with Gasteiger partial charge < -0.3 is 4.90 Å². The first-order chi connectivity index (χ1) is 9.17. The standard InChI is InChI=1S/C15H32N2O2/c1-4-7-8-9-10-11-12-13-14-17(19)15(18)16(5-2)6-3/h19H,4-14H2,1-3H3. The van der Waals surface area contributed by atoms with Crippen LogP contribution < -0.4 is 0 Å². The first kappa shape index (κ1) is 18.2. The average molecular weight is 272 g/mol. The van der Waals surface area contributed by atoms with Gasteiger partial charge in [0.2, 0.25) is 0 Å². The van der Waals surface area contributed by atoms with Crippen LogP contribution >= 0.6 is 0 Å². The summed E-state index contributed by atoms with van der Waals surface area (Å²) in [5, 5.41) is 10.5. The molecule has 0 radical (unpaired) electrons. The van der Waals surface area contributed by atoms with Crippen LogP contribution in [0.15, 0.2) is 0 Å². The molecule has 0 aliphatic rings. The zero-order chi connectivity index (χ0) is 14.5. The molecule has 4 heteroatoms. The van der Waals surface area contributed by atoms with Crippen molar-refractivity contribution < 1.29 is 10.0 Å². The van der Waals surface area contributed by atoms with Crippen LogP contribution in [0.2, 0.25) is 0 Å². The zero-order valence-electron chi connectivity index (χ0n) is 13.0. The maximum Gasteiger partial charge on any atom is 0.343 e. The quantitative estimate of drug-likeness (QED) is 0.346. The predicted octanol–water partition coefficient (Wildman–Crippen LogP) is 4.28. The Bertz CT molecular complexity index is 218. The van der Waals surface area contributed by atoms with Crippen molar-refractivity contribution in [2.24, 2.45) is 0 Å². The first-order valence-electron chi connectivity index (χ1n) is 7.92. The highest BCUT2D eigenvalue weighted by Gasteiger charge is 2.15. The molecule has 0 unspecified atom stereocenters. The van der Waals surface area contributed by atoms with Crippen molar-refractivity contribution in [3.05, 3.63) is 0 Å². The topological polar surface area (TPSA) is 43.8 Å². The summed E-state index contributed by atoms with van der Waals surface area (Å²) in [7, 11) is 0. The minimum atomic E-state index is -0.270. The minimum absolute atomic E-state index is 0.270. The Hall–Kier alpha value is -0.770. The van der Waals surface area contributed by atoms with Crippen LogP contribution in [0, 0.1) is 0 Å². The summed E-state index contributed by atoms with van der Waals surface area (Å²) in [4.78, 5) is 13.4. The van der Waals surface area contributed by atoms with Crippen molar-refractivity contribution in [1.82, 2.24) is 9.96 Å². The monoisotopic (exact) mass is 272 g/mol. The van der Waals surface area contributed by atoms with E-state index in [1.165, 1.54) is 38.5 Å². The third kappa shape index (κ3) is 8.87. The third-order valence-electron chi connectivity index (χ3n) is 3.48. The van der Waals surface area contributed by atoms with Crippen molar-refractivity contribution in [3.8, 4) is 0 Å². The van der Waals surface area contributed by atoms with E-state index in [1.54, 1.807) is 4.90 Å². The lowest BCUT2D eigenvalue weighted by atomic mass is 10.1. The molecule has 0 rings (SSSR count). The van der Waals surface area contributed by atoms with Gasteiger partial charge in [-0.15, -0.1) is 0 Å². The SMILES string of the molecule is CCCCCCCCCCN(O)C(=O)N(CC)CC. The second kappa shape index (κ2) is 12.3. The van der Waals surface area contributed by atoms with Crippen LogP contribution in [-0.2, 0) is 0 Å². The van der Waals surface area contributed by atoms with Gasteiger partial charge >= 0.3 is 6.03 Å². The van der Waals surface area contributed by atoms with Gasteiger partial charge in [-0.2, -0.15) is 0 Å². The van der Waals surface area contributed by atoms with E-state index >= 15 is 0 Å². The van der Waals surface area contributed by atoms with E-state index in [0.29, 0.717) is 19.6 Å². The molecule has 1 N–H and O–H groups in total.